The first-order valence-corrected chi connectivity index (χ1v) is 5.69. The van der Waals surface area contributed by atoms with Crippen molar-refractivity contribution in [3.8, 4) is 0 Å². The van der Waals surface area contributed by atoms with Gasteiger partial charge in [0.05, 0.1) is 0 Å². The molecule has 0 aromatic rings. The summed E-state index contributed by atoms with van der Waals surface area (Å²) < 4.78 is 0. The summed E-state index contributed by atoms with van der Waals surface area (Å²) in [5, 5.41) is 0. The van der Waals surface area contributed by atoms with Crippen molar-refractivity contribution in [3.05, 3.63) is 0 Å². The van der Waals surface area contributed by atoms with Crippen LogP contribution in [0.2, 0.25) is 0 Å². The highest BCUT2D eigenvalue weighted by atomic mass is 14.7. The molecule has 0 spiro atoms. The topological polar surface area (TPSA) is 0 Å². The Morgan fingerprint density at radius 1 is 1.08 bits per heavy atom. The van der Waals surface area contributed by atoms with Crippen molar-refractivity contribution in [2.24, 2.45) is 29.1 Å². The minimum Gasteiger partial charge on any atom is -0.0625 e. The third-order valence-corrected chi connectivity index (χ3v) is 5.01. The standard InChI is InChI=1S/C12H20/c1-8-3-4-9-6-12(2)7-10(5-8)11(9)12/h8-11H,3-7H2,1-2H3. The van der Waals surface area contributed by atoms with Gasteiger partial charge in [0.15, 0.2) is 0 Å². The summed E-state index contributed by atoms with van der Waals surface area (Å²) in [5.41, 5.74) is 0.833. The molecule has 0 nitrogen and oxygen atoms in total. The van der Waals surface area contributed by atoms with Gasteiger partial charge in [0.2, 0.25) is 0 Å². The minimum absolute atomic E-state index is 0.833. The van der Waals surface area contributed by atoms with Crippen LogP contribution in [-0.4, -0.2) is 0 Å². The predicted octanol–water partition coefficient (Wildman–Crippen LogP) is 3.47. The molecule has 0 heterocycles. The molecule has 3 rings (SSSR count). The van der Waals surface area contributed by atoms with Crippen LogP contribution < -0.4 is 0 Å². The number of hydrogen-bond acceptors (Lipinski definition) is 0. The molecule has 0 N–H and O–H groups in total. The summed E-state index contributed by atoms with van der Waals surface area (Å²) in [7, 11) is 0. The summed E-state index contributed by atoms with van der Waals surface area (Å²) in [6.45, 7) is 4.99. The molecule has 5 unspecified atom stereocenters. The minimum atomic E-state index is 0.833. The molecule has 0 saturated heterocycles. The van der Waals surface area contributed by atoms with Crippen molar-refractivity contribution in [2.45, 2.75) is 46.0 Å². The first kappa shape index (κ1) is 7.41. The number of rotatable bonds is 0. The highest BCUT2D eigenvalue weighted by Gasteiger charge is 2.62. The second kappa shape index (κ2) is 2.08. The van der Waals surface area contributed by atoms with Gasteiger partial charge in [-0.15, -0.1) is 0 Å². The van der Waals surface area contributed by atoms with Crippen LogP contribution in [-0.2, 0) is 0 Å². The van der Waals surface area contributed by atoms with Crippen LogP contribution in [0.3, 0.4) is 0 Å². The Kier molecular flexibility index (Phi) is 1.28. The van der Waals surface area contributed by atoms with Crippen LogP contribution in [0.15, 0.2) is 0 Å². The van der Waals surface area contributed by atoms with Crippen LogP contribution in [0.4, 0.5) is 0 Å². The maximum Gasteiger partial charge on any atom is -0.0287 e. The predicted molar refractivity (Wildman–Crippen MR) is 50.8 cm³/mol. The average Bonchev–Trinajstić information content (AvgIpc) is 2.01. The fraction of sp³-hybridized carbons (Fsp3) is 1.00. The summed E-state index contributed by atoms with van der Waals surface area (Å²) in [5.74, 6) is 4.50. The summed E-state index contributed by atoms with van der Waals surface area (Å²) in [4.78, 5) is 0. The van der Waals surface area contributed by atoms with Crippen molar-refractivity contribution < 1.29 is 0 Å². The molecular formula is C12H20. The van der Waals surface area contributed by atoms with E-state index in [0.717, 1.165) is 23.2 Å². The van der Waals surface area contributed by atoms with Crippen molar-refractivity contribution in [1.82, 2.24) is 0 Å². The van der Waals surface area contributed by atoms with Gasteiger partial charge in [-0.05, 0) is 54.8 Å². The first-order valence-electron chi connectivity index (χ1n) is 5.69. The van der Waals surface area contributed by atoms with Crippen molar-refractivity contribution in [3.63, 3.8) is 0 Å². The second-order valence-corrected chi connectivity index (χ2v) is 6.03. The quantitative estimate of drug-likeness (QED) is 0.514. The van der Waals surface area contributed by atoms with E-state index < -0.39 is 0 Å². The molecule has 3 aliphatic carbocycles. The van der Waals surface area contributed by atoms with E-state index in [1.807, 2.05) is 0 Å². The van der Waals surface area contributed by atoms with Crippen LogP contribution in [0.5, 0.6) is 0 Å². The van der Waals surface area contributed by atoms with E-state index in [1.54, 1.807) is 25.7 Å². The number of hydrogen-bond donors (Lipinski definition) is 0. The molecule has 68 valence electrons. The largest absolute Gasteiger partial charge is 0.0625 e. The van der Waals surface area contributed by atoms with Crippen molar-refractivity contribution in [1.29, 1.82) is 0 Å². The molecule has 3 saturated carbocycles. The Bertz CT molecular complexity index is 208. The molecule has 0 aromatic carbocycles. The molecule has 0 heteroatoms. The van der Waals surface area contributed by atoms with Crippen molar-refractivity contribution >= 4 is 0 Å². The van der Waals surface area contributed by atoms with Crippen LogP contribution in [0.25, 0.3) is 0 Å². The molecule has 0 bridgehead atoms. The fourth-order valence-corrected chi connectivity index (χ4v) is 4.65. The lowest BCUT2D eigenvalue weighted by molar-refractivity contribution is -0.170. The van der Waals surface area contributed by atoms with Gasteiger partial charge >= 0.3 is 0 Å². The maximum atomic E-state index is 2.53. The zero-order valence-electron chi connectivity index (χ0n) is 8.34. The Morgan fingerprint density at radius 3 is 2.58 bits per heavy atom. The summed E-state index contributed by atoms with van der Waals surface area (Å²) in [6.07, 6.45) is 7.77. The van der Waals surface area contributed by atoms with E-state index in [2.05, 4.69) is 13.8 Å². The molecular weight excluding hydrogens is 144 g/mol. The van der Waals surface area contributed by atoms with E-state index in [1.165, 1.54) is 12.3 Å². The highest BCUT2D eigenvalue weighted by molar-refractivity contribution is 5.11. The first-order chi connectivity index (χ1) is 5.69. The molecule has 3 aliphatic rings. The van der Waals surface area contributed by atoms with Gasteiger partial charge in [-0.2, -0.15) is 0 Å². The van der Waals surface area contributed by atoms with Crippen LogP contribution in [0, 0.1) is 29.1 Å². The third-order valence-electron chi connectivity index (χ3n) is 5.01. The van der Waals surface area contributed by atoms with E-state index in [0.29, 0.717) is 0 Å². The zero-order valence-corrected chi connectivity index (χ0v) is 8.34. The van der Waals surface area contributed by atoms with Gasteiger partial charge in [0.1, 0.15) is 0 Å². The van der Waals surface area contributed by atoms with Gasteiger partial charge in [-0.1, -0.05) is 20.3 Å². The van der Waals surface area contributed by atoms with Crippen molar-refractivity contribution in [2.75, 3.05) is 0 Å². The second-order valence-electron chi connectivity index (χ2n) is 6.03. The Morgan fingerprint density at radius 2 is 1.83 bits per heavy atom. The Hall–Kier alpha value is 0. The van der Waals surface area contributed by atoms with Gasteiger partial charge in [0, 0.05) is 0 Å². The molecule has 0 aliphatic heterocycles. The van der Waals surface area contributed by atoms with E-state index in [-0.39, 0.29) is 0 Å². The summed E-state index contributed by atoms with van der Waals surface area (Å²) in [6, 6.07) is 0. The highest BCUT2D eigenvalue weighted by Crippen LogP contribution is 2.70. The van der Waals surface area contributed by atoms with E-state index in [4.69, 9.17) is 0 Å². The van der Waals surface area contributed by atoms with Gasteiger partial charge in [-0.3, -0.25) is 0 Å². The molecule has 0 aromatic heterocycles. The molecule has 0 radical (unpaired) electrons. The summed E-state index contributed by atoms with van der Waals surface area (Å²) >= 11 is 0. The SMILES string of the molecule is CC1CCC2CC3(C)CC(C1)C23. The van der Waals surface area contributed by atoms with Gasteiger partial charge in [-0.25, -0.2) is 0 Å². The van der Waals surface area contributed by atoms with E-state index >= 15 is 0 Å². The van der Waals surface area contributed by atoms with Gasteiger partial charge < -0.3 is 0 Å². The third kappa shape index (κ3) is 0.744. The fourth-order valence-electron chi connectivity index (χ4n) is 4.65. The smallest absolute Gasteiger partial charge is 0.0287 e. The lowest BCUT2D eigenvalue weighted by Crippen LogP contribution is -2.58. The molecule has 0 amide bonds. The van der Waals surface area contributed by atoms with Gasteiger partial charge in [0.25, 0.3) is 0 Å². The van der Waals surface area contributed by atoms with Crippen LogP contribution >= 0.6 is 0 Å². The Balaban J connectivity index is 1.80. The Labute approximate surface area is 75.7 Å². The van der Waals surface area contributed by atoms with E-state index in [9.17, 15) is 0 Å². The molecule has 3 fully saturated rings. The lowest BCUT2D eigenvalue weighted by atomic mass is 9.39. The lowest BCUT2D eigenvalue weighted by Gasteiger charge is -2.66. The maximum absolute atomic E-state index is 2.53. The molecule has 12 heavy (non-hydrogen) atoms. The zero-order chi connectivity index (χ0) is 8.34. The molecule has 5 atom stereocenters. The average molecular weight is 164 g/mol. The monoisotopic (exact) mass is 164 g/mol. The van der Waals surface area contributed by atoms with Crippen LogP contribution in [0.1, 0.15) is 46.0 Å². The normalized spacial score (nSPS) is 62.5.